The summed E-state index contributed by atoms with van der Waals surface area (Å²) in [5.74, 6) is -0.243. The summed E-state index contributed by atoms with van der Waals surface area (Å²) >= 11 is 3.35. The van der Waals surface area contributed by atoms with Crippen molar-refractivity contribution in [3.8, 4) is 5.75 Å². The Morgan fingerprint density at radius 3 is 2.67 bits per heavy atom. The molecule has 0 fully saturated rings. The van der Waals surface area contributed by atoms with Crippen LogP contribution in [0.25, 0.3) is 0 Å². The number of hydrogen-bond donors (Lipinski definition) is 0. The smallest absolute Gasteiger partial charge is 0.313 e. The Morgan fingerprint density at radius 1 is 1.33 bits per heavy atom. The molecule has 0 amide bonds. The highest BCUT2D eigenvalue weighted by Crippen LogP contribution is 2.25. The minimum Gasteiger partial charge on any atom is -0.485 e. The van der Waals surface area contributed by atoms with E-state index in [0.29, 0.717) is 5.75 Å². The summed E-state index contributed by atoms with van der Waals surface area (Å²) in [5.41, 5.74) is 1.09. The van der Waals surface area contributed by atoms with Crippen LogP contribution in [0.4, 0.5) is 0 Å². The topological polar surface area (TPSA) is 52.6 Å². The van der Waals surface area contributed by atoms with Crippen LogP contribution >= 0.6 is 15.9 Å². The number of hydrogen-bond acceptors (Lipinski definition) is 4. The van der Waals surface area contributed by atoms with Crippen molar-refractivity contribution in [1.29, 1.82) is 0 Å². The van der Waals surface area contributed by atoms with Gasteiger partial charge in [0.1, 0.15) is 18.8 Å². The molecule has 0 saturated carbocycles. The molecule has 98 valence electrons. The molecule has 0 aliphatic carbocycles. The van der Waals surface area contributed by atoms with Crippen molar-refractivity contribution in [3.05, 3.63) is 28.2 Å². The van der Waals surface area contributed by atoms with E-state index < -0.39 is 5.97 Å². The van der Waals surface area contributed by atoms with E-state index in [4.69, 9.17) is 4.74 Å². The quantitative estimate of drug-likeness (QED) is 0.598. The second kappa shape index (κ2) is 7.16. The molecule has 0 aliphatic rings. The van der Waals surface area contributed by atoms with Gasteiger partial charge in [0.2, 0.25) is 0 Å². The molecule has 0 atom stereocenters. The average Bonchev–Trinajstić information content (AvgIpc) is 2.28. The second-order valence-electron chi connectivity index (χ2n) is 3.74. The van der Waals surface area contributed by atoms with Crippen LogP contribution in [0.3, 0.4) is 0 Å². The van der Waals surface area contributed by atoms with Gasteiger partial charge in [0.15, 0.2) is 5.78 Å². The molecule has 0 aromatic heterocycles. The zero-order valence-electron chi connectivity index (χ0n) is 10.4. The van der Waals surface area contributed by atoms with Gasteiger partial charge in [-0.15, -0.1) is 0 Å². The second-order valence-corrected chi connectivity index (χ2v) is 4.60. The minimum absolute atomic E-state index is 0.138. The molecule has 0 spiro atoms. The molecule has 18 heavy (non-hydrogen) atoms. The highest BCUT2D eigenvalue weighted by molar-refractivity contribution is 9.10. The average molecular weight is 315 g/mol. The maximum absolute atomic E-state index is 11.4. The van der Waals surface area contributed by atoms with Crippen LogP contribution in [0, 0.1) is 6.92 Å². The molecule has 0 N–H and O–H groups in total. The summed E-state index contributed by atoms with van der Waals surface area (Å²) in [6.45, 7) is 3.79. The lowest BCUT2D eigenvalue weighted by Gasteiger charge is -2.08. The Labute approximate surface area is 114 Å². The van der Waals surface area contributed by atoms with Gasteiger partial charge in [0.05, 0.1) is 11.1 Å². The molecule has 0 aliphatic heterocycles. The molecule has 0 radical (unpaired) electrons. The number of esters is 1. The van der Waals surface area contributed by atoms with Crippen molar-refractivity contribution in [2.24, 2.45) is 0 Å². The molecule has 0 heterocycles. The zero-order chi connectivity index (χ0) is 13.5. The van der Waals surface area contributed by atoms with Crippen molar-refractivity contribution in [2.45, 2.75) is 20.3 Å². The first-order chi connectivity index (χ1) is 8.52. The highest BCUT2D eigenvalue weighted by Gasteiger charge is 2.11. The maximum atomic E-state index is 11.4. The van der Waals surface area contributed by atoms with Gasteiger partial charge in [-0.3, -0.25) is 9.59 Å². The number of carbonyl (C=O) groups is 2. The van der Waals surface area contributed by atoms with Gasteiger partial charge >= 0.3 is 5.97 Å². The Kier molecular flexibility index (Phi) is 5.85. The number of Topliss-reactive ketones (excluding diaryl/α,β-unsaturated/α-hetero) is 1. The molecule has 1 aromatic carbocycles. The van der Waals surface area contributed by atoms with Gasteiger partial charge in [-0.05, 0) is 47.5 Å². The number of aryl methyl sites for hydroxylation is 1. The lowest BCUT2D eigenvalue weighted by molar-refractivity contribution is -0.145. The number of ketones is 1. The molecule has 5 heteroatoms. The summed E-state index contributed by atoms with van der Waals surface area (Å²) in [7, 11) is 0. The third kappa shape index (κ3) is 4.87. The third-order valence-corrected chi connectivity index (χ3v) is 2.74. The van der Waals surface area contributed by atoms with Crippen molar-refractivity contribution < 1.29 is 19.1 Å². The zero-order valence-corrected chi connectivity index (χ0v) is 12.0. The van der Waals surface area contributed by atoms with Gasteiger partial charge in [-0.25, -0.2) is 0 Å². The van der Waals surface area contributed by atoms with Crippen molar-refractivity contribution in [2.75, 3.05) is 13.2 Å². The van der Waals surface area contributed by atoms with E-state index in [1.807, 2.05) is 19.1 Å². The minimum atomic E-state index is -0.519. The number of carbonyl (C=O) groups excluding carboxylic acids is 2. The van der Waals surface area contributed by atoms with Crippen LogP contribution in [0.1, 0.15) is 18.9 Å². The SMILES string of the molecule is CCOC(=O)CC(=O)COc1ccc(C)cc1Br. The fourth-order valence-electron chi connectivity index (χ4n) is 1.31. The molecular formula is C13H15BrO4. The van der Waals surface area contributed by atoms with E-state index in [1.165, 1.54) is 0 Å². The normalized spacial score (nSPS) is 9.94. The largest absolute Gasteiger partial charge is 0.485 e. The van der Waals surface area contributed by atoms with Gasteiger partial charge in [0, 0.05) is 0 Å². The van der Waals surface area contributed by atoms with Gasteiger partial charge < -0.3 is 9.47 Å². The van der Waals surface area contributed by atoms with E-state index >= 15 is 0 Å². The van der Waals surface area contributed by atoms with Gasteiger partial charge in [-0.2, -0.15) is 0 Å². The molecule has 1 aromatic rings. The first-order valence-corrected chi connectivity index (χ1v) is 6.38. The molecular weight excluding hydrogens is 300 g/mol. The van der Waals surface area contributed by atoms with Crippen LogP contribution < -0.4 is 4.74 Å². The summed E-state index contributed by atoms with van der Waals surface area (Å²) in [4.78, 5) is 22.5. The summed E-state index contributed by atoms with van der Waals surface area (Å²) in [6.07, 6.45) is -0.253. The Bertz CT molecular complexity index is 443. The van der Waals surface area contributed by atoms with Crippen molar-refractivity contribution in [1.82, 2.24) is 0 Å². The predicted molar refractivity (Wildman–Crippen MR) is 70.6 cm³/mol. The number of benzene rings is 1. The van der Waals surface area contributed by atoms with E-state index in [-0.39, 0.29) is 25.4 Å². The fraction of sp³-hybridized carbons (Fsp3) is 0.385. The Balaban J connectivity index is 2.45. The lowest BCUT2D eigenvalue weighted by atomic mass is 10.2. The van der Waals surface area contributed by atoms with Crippen molar-refractivity contribution >= 4 is 27.7 Å². The van der Waals surface area contributed by atoms with Crippen LogP contribution in [0.5, 0.6) is 5.75 Å². The highest BCUT2D eigenvalue weighted by atomic mass is 79.9. The fourth-order valence-corrected chi connectivity index (χ4v) is 1.91. The number of halogens is 1. The third-order valence-electron chi connectivity index (χ3n) is 2.12. The van der Waals surface area contributed by atoms with Crippen LogP contribution in [0.15, 0.2) is 22.7 Å². The van der Waals surface area contributed by atoms with Crippen LogP contribution in [0.2, 0.25) is 0 Å². The van der Waals surface area contributed by atoms with E-state index in [9.17, 15) is 9.59 Å². The standard InChI is InChI=1S/C13H15BrO4/c1-3-17-13(16)7-10(15)8-18-12-5-4-9(2)6-11(12)14/h4-6H,3,7-8H2,1-2H3. The van der Waals surface area contributed by atoms with E-state index in [0.717, 1.165) is 10.0 Å². The molecule has 4 nitrogen and oxygen atoms in total. The summed E-state index contributed by atoms with van der Waals surface area (Å²) in [6, 6.07) is 5.55. The first kappa shape index (κ1) is 14.7. The number of ether oxygens (including phenoxy) is 2. The monoisotopic (exact) mass is 314 g/mol. The van der Waals surface area contributed by atoms with E-state index in [2.05, 4.69) is 20.7 Å². The van der Waals surface area contributed by atoms with Crippen LogP contribution in [-0.4, -0.2) is 25.0 Å². The predicted octanol–water partition coefficient (Wildman–Crippen LogP) is 2.66. The first-order valence-electron chi connectivity index (χ1n) is 5.59. The Morgan fingerprint density at radius 2 is 2.06 bits per heavy atom. The van der Waals surface area contributed by atoms with Crippen molar-refractivity contribution in [3.63, 3.8) is 0 Å². The molecule has 0 unspecified atom stereocenters. The maximum Gasteiger partial charge on any atom is 0.313 e. The lowest BCUT2D eigenvalue weighted by Crippen LogP contribution is -2.17. The Hall–Kier alpha value is -1.36. The molecule has 1 rings (SSSR count). The summed E-state index contributed by atoms with van der Waals surface area (Å²) in [5, 5.41) is 0. The number of rotatable bonds is 6. The van der Waals surface area contributed by atoms with Gasteiger partial charge in [0.25, 0.3) is 0 Å². The van der Waals surface area contributed by atoms with E-state index in [1.54, 1.807) is 13.0 Å². The molecule has 0 bridgehead atoms. The van der Waals surface area contributed by atoms with Gasteiger partial charge in [-0.1, -0.05) is 6.07 Å². The summed E-state index contributed by atoms with van der Waals surface area (Å²) < 4.78 is 10.8. The van der Waals surface area contributed by atoms with Crippen LogP contribution in [-0.2, 0) is 14.3 Å². The molecule has 0 saturated heterocycles.